The number of hydrogen-bond donors (Lipinski definition) is 0. The maximum absolute atomic E-state index is 6.98. The molecule has 13 rings (SSSR count). The zero-order chi connectivity index (χ0) is 40.1. The Labute approximate surface area is 347 Å². The third-order valence-corrected chi connectivity index (χ3v) is 13.7. The molecule has 4 heteroatoms. The minimum atomic E-state index is -0.365. The molecule has 0 aliphatic carbocycles. The van der Waals surface area contributed by atoms with Gasteiger partial charge in [-0.3, -0.25) is 0 Å². The highest BCUT2D eigenvalue weighted by Crippen LogP contribution is 2.59. The number of furan rings is 2. The first kappa shape index (κ1) is 33.6. The molecule has 11 aromatic rings. The molecule has 2 aliphatic heterocycles. The molecule has 0 fully saturated rings. The van der Waals surface area contributed by atoms with Gasteiger partial charge < -0.3 is 18.6 Å². The molecule has 60 heavy (non-hydrogen) atoms. The number of para-hydroxylation sites is 2. The second-order valence-electron chi connectivity index (χ2n) is 17.7. The van der Waals surface area contributed by atoms with Crippen molar-refractivity contribution in [2.75, 3.05) is 9.80 Å². The van der Waals surface area contributed by atoms with E-state index in [2.05, 4.69) is 207 Å². The molecule has 9 aromatic carbocycles. The lowest BCUT2D eigenvalue weighted by molar-refractivity contribution is 0.639. The Balaban J connectivity index is 1.11. The maximum Gasteiger partial charge on any atom is 0.136 e. The van der Waals surface area contributed by atoms with E-state index >= 15 is 0 Å². The molecular weight excluding hydrogens is 733 g/mol. The van der Waals surface area contributed by atoms with Gasteiger partial charge in [0.15, 0.2) is 0 Å². The molecule has 0 unspecified atom stereocenters. The van der Waals surface area contributed by atoms with Crippen LogP contribution in [-0.2, 0) is 10.8 Å². The van der Waals surface area contributed by atoms with E-state index in [9.17, 15) is 0 Å². The Morgan fingerprint density at radius 2 is 0.700 bits per heavy atom. The van der Waals surface area contributed by atoms with Crippen LogP contribution in [0.5, 0.6) is 0 Å². The highest BCUT2D eigenvalue weighted by Gasteiger charge is 2.42. The summed E-state index contributed by atoms with van der Waals surface area (Å²) in [4.78, 5) is 4.88. The molecule has 4 heterocycles. The SMILES string of the molecule is CC1(C)c2c(ccc3ccccc23)N(c2ccccc2)c2ccc3oc4cc5c(cc4c3c21)oc1ccc2c(c15)C(C)(C)c1c(ccc3ccccc13)N2c1ccccc1. The van der Waals surface area contributed by atoms with Crippen molar-refractivity contribution in [2.45, 2.75) is 38.5 Å². The summed E-state index contributed by atoms with van der Waals surface area (Å²) in [6, 6.07) is 61.5. The summed E-state index contributed by atoms with van der Waals surface area (Å²) in [7, 11) is 0. The van der Waals surface area contributed by atoms with Crippen molar-refractivity contribution in [3.8, 4) is 0 Å². The molecule has 0 amide bonds. The highest BCUT2D eigenvalue weighted by molar-refractivity contribution is 6.19. The molecule has 0 bridgehead atoms. The normalized spacial score (nSPS) is 15.2. The van der Waals surface area contributed by atoms with Gasteiger partial charge in [0.2, 0.25) is 0 Å². The quantitative estimate of drug-likeness (QED) is 0.175. The van der Waals surface area contributed by atoms with Crippen LogP contribution < -0.4 is 9.80 Å². The molecule has 4 nitrogen and oxygen atoms in total. The molecule has 0 radical (unpaired) electrons. The molecule has 286 valence electrons. The summed E-state index contributed by atoms with van der Waals surface area (Å²) in [6.07, 6.45) is 0. The van der Waals surface area contributed by atoms with Crippen LogP contribution in [0.1, 0.15) is 49.9 Å². The lowest BCUT2D eigenvalue weighted by atomic mass is 9.70. The number of rotatable bonds is 2. The molecule has 2 aromatic heterocycles. The van der Waals surface area contributed by atoms with E-state index in [1.807, 2.05) is 0 Å². The first-order valence-corrected chi connectivity index (χ1v) is 20.9. The van der Waals surface area contributed by atoms with E-state index < -0.39 is 0 Å². The number of benzene rings is 9. The Bertz CT molecular complexity index is 3370. The second-order valence-corrected chi connectivity index (χ2v) is 17.7. The minimum absolute atomic E-state index is 0.365. The Kier molecular flexibility index (Phi) is 6.55. The molecule has 0 saturated heterocycles. The topological polar surface area (TPSA) is 32.8 Å². The van der Waals surface area contributed by atoms with Gasteiger partial charge in [-0.2, -0.15) is 0 Å². The van der Waals surface area contributed by atoms with Gasteiger partial charge in [0.05, 0.1) is 22.7 Å². The summed E-state index contributed by atoms with van der Waals surface area (Å²) >= 11 is 0. The lowest BCUT2D eigenvalue weighted by Crippen LogP contribution is -2.31. The molecule has 2 aliphatic rings. The first-order chi connectivity index (χ1) is 29.3. The fourth-order valence-corrected chi connectivity index (χ4v) is 11.3. The first-order valence-electron chi connectivity index (χ1n) is 20.9. The van der Waals surface area contributed by atoms with Gasteiger partial charge in [0.25, 0.3) is 0 Å². The predicted molar refractivity (Wildman–Crippen MR) is 250 cm³/mol. The Morgan fingerprint density at radius 3 is 1.13 bits per heavy atom. The Morgan fingerprint density at radius 1 is 0.333 bits per heavy atom. The highest BCUT2D eigenvalue weighted by atomic mass is 16.3. The van der Waals surface area contributed by atoms with Crippen molar-refractivity contribution in [2.24, 2.45) is 0 Å². The van der Waals surface area contributed by atoms with Crippen molar-refractivity contribution in [3.63, 3.8) is 0 Å². The van der Waals surface area contributed by atoms with E-state index in [0.717, 1.165) is 66.6 Å². The van der Waals surface area contributed by atoms with Crippen LogP contribution in [0.4, 0.5) is 34.1 Å². The van der Waals surface area contributed by atoms with Crippen molar-refractivity contribution >= 4 is 99.5 Å². The molecule has 0 saturated carbocycles. The summed E-state index contributed by atoms with van der Waals surface area (Å²) in [5.41, 5.74) is 14.9. The van der Waals surface area contributed by atoms with Crippen LogP contribution in [0, 0.1) is 0 Å². The minimum Gasteiger partial charge on any atom is -0.456 e. The molecule has 0 N–H and O–H groups in total. The average Bonchev–Trinajstić information content (AvgIpc) is 3.82. The van der Waals surface area contributed by atoms with Crippen molar-refractivity contribution in [3.05, 3.63) is 192 Å². The van der Waals surface area contributed by atoms with Crippen LogP contribution in [0.3, 0.4) is 0 Å². The van der Waals surface area contributed by atoms with Gasteiger partial charge in [-0.15, -0.1) is 0 Å². The summed E-state index contributed by atoms with van der Waals surface area (Å²) in [6.45, 7) is 9.52. The standard InChI is InChI=1S/C56H40N2O2/c1-55(2)51-37-21-13-11-15-33(37)23-25-41(51)57(35-17-7-5-8-18-35)43-27-29-45-49(53(43)55)39-31-48-40(32-47(39)59-45)50-46(60-48)30-28-44-54(50)56(3,4)52-38-22-14-12-16-34(38)24-26-42(52)58(44)36-19-9-6-10-20-36/h5-32H,1-4H3. The number of nitrogens with zero attached hydrogens (tertiary/aromatic N) is 2. The predicted octanol–water partition coefficient (Wildman–Crippen LogP) is 16.0. The van der Waals surface area contributed by atoms with Gasteiger partial charge in [0, 0.05) is 43.7 Å². The molecule has 0 spiro atoms. The third kappa shape index (κ3) is 4.30. The van der Waals surface area contributed by atoms with Crippen molar-refractivity contribution in [1.29, 1.82) is 0 Å². The summed E-state index contributed by atoms with van der Waals surface area (Å²) in [5.74, 6) is 0. The lowest BCUT2D eigenvalue weighted by Gasteiger charge is -2.43. The zero-order valence-electron chi connectivity index (χ0n) is 33.9. The molecular formula is C56H40N2O2. The molecule has 0 atom stereocenters. The van der Waals surface area contributed by atoms with Crippen LogP contribution in [0.25, 0.3) is 65.4 Å². The maximum atomic E-state index is 6.98. The van der Waals surface area contributed by atoms with Gasteiger partial charge in [-0.25, -0.2) is 0 Å². The average molecular weight is 773 g/mol. The van der Waals surface area contributed by atoms with E-state index in [4.69, 9.17) is 8.83 Å². The fourth-order valence-electron chi connectivity index (χ4n) is 11.3. The van der Waals surface area contributed by atoms with E-state index in [-0.39, 0.29) is 10.8 Å². The second kappa shape index (κ2) is 11.7. The van der Waals surface area contributed by atoms with Gasteiger partial charge >= 0.3 is 0 Å². The van der Waals surface area contributed by atoms with Gasteiger partial charge in [-0.1, -0.05) is 125 Å². The van der Waals surface area contributed by atoms with Crippen LogP contribution in [0.2, 0.25) is 0 Å². The van der Waals surface area contributed by atoms with Crippen molar-refractivity contribution in [1.82, 2.24) is 0 Å². The monoisotopic (exact) mass is 772 g/mol. The summed E-state index contributed by atoms with van der Waals surface area (Å²) in [5, 5.41) is 9.40. The number of hydrogen-bond acceptors (Lipinski definition) is 4. The fraction of sp³-hybridized carbons (Fsp3) is 0.107. The summed E-state index contributed by atoms with van der Waals surface area (Å²) < 4.78 is 14.0. The number of fused-ring (bicyclic) bond motifs is 16. The van der Waals surface area contributed by atoms with Crippen LogP contribution in [0.15, 0.2) is 179 Å². The Hall–Kier alpha value is -7.30. The zero-order valence-corrected chi connectivity index (χ0v) is 33.9. The van der Waals surface area contributed by atoms with Gasteiger partial charge in [0.1, 0.15) is 22.3 Å². The van der Waals surface area contributed by atoms with Gasteiger partial charge in [-0.05, 0) is 117 Å². The largest absolute Gasteiger partial charge is 0.456 e. The number of anilines is 6. The smallest absolute Gasteiger partial charge is 0.136 e. The van der Waals surface area contributed by atoms with E-state index in [0.29, 0.717) is 0 Å². The van der Waals surface area contributed by atoms with E-state index in [1.165, 1.54) is 55.2 Å². The van der Waals surface area contributed by atoms with Crippen LogP contribution in [-0.4, -0.2) is 0 Å². The van der Waals surface area contributed by atoms with Crippen LogP contribution >= 0.6 is 0 Å². The third-order valence-electron chi connectivity index (χ3n) is 13.7. The van der Waals surface area contributed by atoms with Crippen molar-refractivity contribution < 1.29 is 8.83 Å². The van der Waals surface area contributed by atoms with E-state index in [1.54, 1.807) is 0 Å².